The molecule has 0 saturated heterocycles. The lowest BCUT2D eigenvalue weighted by atomic mass is 9.83. The quantitative estimate of drug-likeness (QED) is 0.878. The van der Waals surface area contributed by atoms with Crippen molar-refractivity contribution in [2.75, 3.05) is 26.9 Å². The van der Waals surface area contributed by atoms with E-state index in [1.807, 2.05) is 12.1 Å². The molecular weight excluding hydrogens is 337 g/mol. The molecule has 1 atom stereocenters. The number of phenols is 2. The Morgan fingerprint density at radius 2 is 2.04 bits per heavy atom. The van der Waals surface area contributed by atoms with Crippen molar-refractivity contribution in [2.24, 2.45) is 0 Å². The smallest absolute Gasteiger partial charge is 0.165 e. The van der Waals surface area contributed by atoms with Crippen LogP contribution in [0.4, 0.5) is 4.39 Å². The van der Waals surface area contributed by atoms with E-state index < -0.39 is 6.67 Å². The number of halogens is 1. The molecule has 2 aliphatic heterocycles. The molecule has 0 unspecified atom stereocenters. The summed E-state index contributed by atoms with van der Waals surface area (Å²) >= 11 is 0. The number of hydrogen-bond donors (Lipinski definition) is 2. The second-order valence-corrected chi connectivity index (χ2v) is 6.75. The third-order valence-corrected chi connectivity index (χ3v) is 5.34. The van der Waals surface area contributed by atoms with Gasteiger partial charge in [-0.25, -0.2) is 4.39 Å². The lowest BCUT2D eigenvalue weighted by Crippen LogP contribution is -2.39. The number of benzene rings is 2. The lowest BCUT2D eigenvalue weighted by Gasteiger charge is -2.42. The van der Waals surface area contributed by atoms with Gasteiger partial charge in [0.1, 0.15) is 13.3 Å². The van der Waals surface area contributed by atoms with Gasteiger partial charge in [0.15, 0.2) is 23.0 Å². The summed E-state index contributed by atoms with van der Waals surface area (Å²) in [6, 6.07) is 7.36. The van der Waals surface area contributed by atoms with Crippen LogP contribution in [0.15, 0.2) is 24.3 Å². The van der Waals surface area contributed by atoms with E-state index in [0.717, 1.165) is 41.6 Å². The number of aromatic hydroxyl groups is 2. The number of hydrogen-bond acceptors (Lipinski definition) is 5. The summed E-state index contributed by atoms with van der Waals surface area (Å²) in [5, 5.41) is 20.3. The third kappa shape index (κ3) is 2.74. The zero-order chi connectivity index (χ0) is 18.3. The molecular formula is C20H22FNO4. The van der Waals surface area contributed by atoms with E-state index in [4.69, 9.17) is 9.47 Å². The van der Waals surface area contributed by atoms with E-state index >= 15 is 0 Å². The summed E-state index contributed by atoms with van der Waals surface area (Å²) in [5.41, 5.74) is 4.39. The molecule has 4 rings (SSSR count). The molecule has 6 heteroatoms. The largest absolute Gasteiger partial charge is 0.504 e. The van der Waals surface area contributed by atoms with Crippen LogP contribution in [0.3, 0.4) is 0 Å². The van der Waals surface area contributed by atoms with Crippen LogP contribution in [0.5, 0.6) is 23.0 Å². The Balaban J connectivity index is 1.70. The molecule has 0 aromatic heterocycles. The Morgan fingerprint density at radius 1 is 1.19 bits per heavy atom. The van der Waals surface area contributed by atoms with Gasteiger partial charge in [0.2, 0.25) is 0 Å². The normalized spacial score (nSPS) is 18.6. The van der Waals surface area contributed by atoms with E-state index in [1.165, 1.54) is 0 Å². The van der Waals surface area contributed by atoms with Gasteiger partial charge in [0.25, 0.3) is 0 Å². The molecule has 5 nitrogen and oxygen atoms in total. The highest BCUT2D eigenvalue weighted by molar-refractivity contribution is 5.54. The molecule has 0 aliphatic carbocycles. The standard InChI is InChI=1S/C20H22FNO4/c1-25-20-15-11-22-6-4-13-9-19(26-7-5-21)18(24)10-14(13)16(22)8-12(15)2-3-17(20)23/h2-3,9-10,16,23-24H,4-8,11H2,1H3/t16-/m0/s1. The predicted molar refractivity (Wildman–Crippen MR) is 94.8 cm³/mol. The van der Waals surface area contributed by atoms with E-state index in [-0.39, 0.29) is 24.1 Å². The van der Waals surface area contributed by atoms with Gasteiger partial charge in [-0.15, -0.1) is 0 Å². The molecule has 0 saturated carbocycles. The second kappa shape index (κ2) is 6.68. The average Bonchev–Trinajstić information content (AvgIpc) is 2.65. The van der Waals surface area contributed by atoms with E-state index in [2.05, 4.69) is 4.90 Å². The van der Waals surface area contributed by atoms with E-state index in [1.54, 1.807) is 19.2 Å². The molecule has 2 aliphatic rings. The molecule has 0 bridgehead atoms. The van der Waals surface area contributed by atoms with Crippen molar-refractivity contribution < 1.29 is 24.1 Å². The number of nitrogens with zero attached hydrogens (tertiary/aromatic N) is 1. The first-order chi connectivity index (χ1) is 12.6. The highest BCUT2D eigenvalue weighted by Crippen LogP contribution is 2.45. The van der Waals surface area contributed by atoms with Gasteiger partial charge in [0.05, 0.1) is 7.11 Å². The monoisotopic (exact) mass is 359 g/mol. The fourth-order valence-corrected chi connectivity index (χ4v) is 4.12. The molecule has 2 N–H and O–H groups in total. The number of alkyl halides is 1. The van der Waals surface area contributed by atoms with Gasteiger partial charge in [-0.05, 0) is 47.7 Å². The van der Waals surface area contributed by atoms with Crippen molar-refractivity contribution in [3.8, 4) is 23.0 Å². The van der Waals surface area contributed by atoms with Crippen LogP contribution in [-0.4, -0.2) is 42.0 Å². The number of rotatable bonds is 4. The predicted octanol–water partition coefficient (Wildman–Crippen LogP) is 3.11. The van der Waals surface area contributed by atoms with Crippen molar-refractivity contribution in [1.82, 2.24) is 4.90 Å². The number of methoxy groups -OCH3 is 1. The summed E-state index contributed by atoms with van der Waals surface area (Å²) < 4.78 is 23.1. The van der Waals surface area contributed by atoms with Crippen LogP contribution in [-0.2, 0) is 19.4 Å². The van der Waals surface area contributed by atoms with Crippen LogP contribution >= 0.6 is 0 Å². The average molecular weight is 359 g/mol. The summed E-state index contributed by atoms with van der Waals surface area (Å²) in [5.74, 6) is 1.10. The van der Waals surface area contributed by atoms with Crippen LogP contribution in [0, 0.1) is 0 Å². The zero-order valence-corrected chi connectivity index (χ0v) is 14.7. The number of fused-ring (bicyclic) bond motifs is 4. The lowest BCUT2D eigenvalue weighted by molar-refractivity contribution is 0.157. The fourth-order valence-electron chi connectivity index (χ4n) is 4.12. The van der Waals surface area contributed by atoms with Gasteiger partial charge in [-0.1, -0.05) is 6.07 Å². The summed E-state index contributed by atoms with van der Waals surface area (Å²) in [6.07, 6.45) is 1.61. The zero-order valence-electron chi connectivity index (χ0n) is 14.7. The first-order valence-corrected chi connectivity index (χ1v) is 8.78. The van der Waals surface area contributed by atoms with Crippen molar-refractivity contribution in [2.45, 2.75) is 25.4 Å². The van der Waals surface area contributed by atoms with Gasteiger partial charge in [-0.3, -0.25) is 4.90 Å². The molecule has 2 heterocycles. The molecule has 0 amide bonds. The Hall–Kier alpha value is -2.47. The SMILES string of the molecule is COc1c(O)ccc2c1CN1CCc3cc(OCCF)c(O)cc3[C@@H]1C2. The minimum atomic E-state index is -0.585. The van der Waals surface area contributed by atoms with E-state index in [0.29, 0.717) is 18.0 Å². The highest BCUT2D eigenvalue weighted by atomic mass is 19.1. The topological polar surface area (TPSA) is 62.2 Å². The Labute approximate surface area is 151 Å². The Morgan fingerprint density at radius 3 is 2.81 bits per heavy atom. The van der Waals surface area contributed by atoms with Crippen molar-refractivity contribution in [3.63, 3.8) is 0 Å². The minimum absolute atomic E-state index is 0.0492. The van der Waals surface area contributed by atoms with Crippen LogP contribution in [0.2, 0.25) is 0 Å². The van der Waals surface area contributed by atoms with Gasteiger partial charge >= 0.3 is 0 Å². The molecule has 0 fully saturated rings. The molecule has 2 aromatic rings. The summed E-state index contributed by atoms with van der Waals surface area (Å²) in [4.78, 5) is 2.34. The van der Waals surface area contributed by atoms with Crippen molar-refractivity contribution in [1.29, 1.82) is 0 Å². The maximum absolute atomic E-state index is 12.4. The summed E-state index contributed by atoms with van der Waals surface area (Å²) in [6.45, 7) is 0.915. The molecule has 2 aromatic carbocycles. The van der Waals surface area contributed by atoms with Crippen molar-refractivity contribution >= 4 is 0 Å². The van der Waals surface area contributed by atoms with Crippen LogP contribution in [0.25, 0.3) is 0 Å². The summed E-state index contributed by atoms with van der Waals surface area (Å²) in [7, 11) is 1.57. The first kappa shape index (κ1) is 17.0. The van der Waals surface area contributed by atoms with Gasteiger partial charge in [0, 0.05) is 24.7 Å². The minimum Gasteiger partial charge on any atom is -0.504 e. The molecule has 0 radical (unpaired) electrons. The van der Waals surface area contributed by atoms with Gasteiger partial charge < -0.3 is 19.7 Å². The third-order valence-electron chi connectivity index (χ3n) is 5.34. The molecule has 138 valence electrons. The van der Waals surface area contributed by atoms with Gasteiger partial charge in [-0.2, -0.15) is 0 Å². The first-order valence-electron chi connectivity index (χ1n) is 8.78. The number of ether oxygens (including phenoxy) is 2. The number of phenolic OH excluding ortho intramolecular Hbond substituents is 2. The van der Waals surface area contributed by atoms with Crippen molar-refractivity contribution in [3.05, 3.63) is 46.5 Å². The maximum atomic E-state index is 12.4. The van der Waals surface area contributed by atoms with E-state index in [9.17, 15) is 14.6 Å². The highest BCUT2D eigenvalue weighted by Gasteiger charge is 2.34. The molecule has 26 heavy (non-hydrogen) atoms. The van der Waals surface area contributed by atoms with Crippen LogP contribution < -0.4 is 9.47 Å². The van der Waals surface area contributed by atoms with Crippen LogP contribution in [0.1, 0.15) is 28.3 Å². The Bertz CT molecular complexity index is 839. The Kier molecular flexibility index (Phi) is 4.36. The fraction of sp³-hybridized carbons (Fsp3) is 0.400. The maximum Gasteiger partial charge on any atom is 0.165 e. The second-order valence-electron chi connectivity index (χ2n) is 6.75. The molecule has 0 spiro atoms.